The van der Waals surface area contributed by atoms with Gasteiger partial charge in [0.1, 0.15) is 17.1 Å². The van der Waals surface area contributed by atoms with Crippen molar-refractivity contribution < 1.29 is 14.3 Å². The second-order valence-corrected chi connectivity index (χ2v) is 9.27. The van der Waals surface area contributed by atoms with Gasteiger partial charge in [0.2, 0.25) is 5.91 Å². The molecular formula is C26H34N2O3. The molecule has 2 heterocycles. The van der Waals surface area contributed by atoms with Gasteiger partial charge in [-0.2, -0.15) is 0 Å². The SMILES string of the molecule is COc1ccc(CN2CCC3(CC2)CC(CC(=O)NC(C)C)c2ccccc2O3)cc1. The number of piperidine rings is 1. The maximum atomic E-state index is 12.5. The average molecular weight is 423 g/mol. The van der Waals surface area contributed by atoms with Crippen molar-refractivity contribution >= 4 is 5.91 Å². The first kappa shape index (κ1) is 21.7. The third-order valence-electron chi connectivity index (χ3n) is 6.52. The summed E-state index contributed by atoms with van der Waals surface area (Å²) < 4.78 is 11.9. The van der Waals surface area contributed by atoms with Crippen molar-refractivity contribution in [1.29, 1.82) is 0 Å². The van der Waals surface area contributed by atoms with Gasteiger partial charge in [0.25, 0.3) is 0 Å². The standard InChI is InChI=1S/C26H34N2O3/c1-19(2)27-25(29)16-21-17-26(31-24-7-5-4-6-23(21)24)12-14-28(15-13-26)18-20-8-10-22(30-3)11-9-20/h4-11,19,21H,12-18H2,1-3H3,(H,27,29). The monoisotopic (exact) mass is 422 g/mol. The molecule has 2 aromatic rings. The number of amides is 1. The summed E-state index contributed by atoms with van der Waals surface area (Å²) >= 11 is 0. The van der Waals surface area contributed by atoms with Crippen LogP contribution in [-0.4, -0.2) is 42.6 Å². The van der Waals surface area contributed by atoms with Crippen molar-refractivity contribution in [2.75, 3.05) is 20.2 Å². The highest BCUT2D eigenvalue weighted by molar-refractivity contribution is 5.77. The molecule has 1 fully saturated rings. The number of fused-ring (bicyclic) bond motifs is 1. The maximum absolute atomic E-state index is 12.5. The molecular weight excluding hydrogens is 388 g/mol. The van der Waals surface area contributed by atoms with Gasteiger partial charge in [-0.05, 0) is 62.4 Å². The Morgan fingerprint density at radius 2 is 1.87 bits per heavy atom. The van der Waals surface area contributed by atoms with E-state index in [4.69, 9.17) is 9.47 Å². The second kappa shape index (κ2) is 9.31. The molecule has 31 heavy (non-hydrogen) atoms. The van der Waals surface area contributed by atoms with E-state index in [-0.39, 0.29) is 23.5 Å². The van der Waals surface area contributed by atoms with E-state index >= 15 is 0 Å². The van der Waals surface area contributed by atoms with E-state index < -0.39 is 0 Å². The molecule has 166 valence electrons. The Hall–Kier alpha value is -2.53. The first-order valence-corrected chi connectivity index (χ1v) is 11.4. The van der Waals surface area contributed by atoms with E-state index in [9.17, 15) is 4.79 Å². The zero-order chi connectivity index (χ0) is 21.8. The molecule has 2 aliphatic rings. The Labute approximate surface area is 185 Å². The number of methoxy groups -OCH3 is 1. The zero-order valence-corrected chi connectivity index (χ0v) is 18.9. The van der Waals surface area contributed by atoms with Crippen LogP contribution in [0.15, 0.2) is 48.5 Å². The second-order valence-electron chi connectivity index (χ2n) is 9.27. The summed E-state index contributed by atoms with van der Waals surface area (Å²) in [7, 11) is 1.70. The van der Waals surface area contributed by atoms with Crippen molar-refractivity contribution in [1.82, 2.24) is 10.2 Å². The fraction of sp³-hybridized carbons (Fsp3) is 0.500. The first-order valence-electron chi connectivity index (χ1n) is 11.4. The number of hydrogen-bond donors (Lipinski definition) is 1. The van der Waals surface area contributed by atoms with E-state index in [0.29, 0.717) is 6.42 Å². The predicted octanol–water partition coefficient (Wildman–Crippen LogP) is 4.51. The highest BCUT2D eigenvalue weighted by atomic mass is 16.5. The lowest BCUT2D eigenvalue weighted by Crippen LogP contribution is -2.50. The van der Waals surface area contributed by atoms with Crippen LogP contribution in [-0.2, 0) is 11.3 Å². The lowest BCUT2D eigenvalue weighted by Gasteiger charge is -2.47. The number of carbonyl (C=O) groups excluding carboxylic acids is 1. The van der Waals surface area contributed by atoms with E-state index in [0.717, 1.165) is 50.4 Å². The van der Waals surface area contributed by atoms with Crippen LogP contribution >= 0.6 is 0 Å². The highest BCUT2D eigenvalue weighted by Gasteiger charge is 2.43. The van der Waals surface area contributed by atoms with Gasteiger partial charge in [0.05, 0.1) is 7.11 Å². The Bertz CT molecular complexity index is 886. The minimum Gasteiger partial charge on any atom is -0.497 e. The number of nitrogens with zero attached hydrogens (tertiary/aromatic N) is 1. The van der Waals surface area contributed by atoms with Crippen LogP contribution in [0, 0.1) is 0 Å². The molecule has 2 aromatic carbocycles. The van der Waals surface area contributed by atoms with Crippen molar-refractivity contribution in [3.63, 3.8) is 0 Å². The van der Waals surface area contributed by atoms with Crippen molar-refractivity contribution in [3.8, 4) is 11.5 Å². The van der Waals surface area contributed by atoms with Crippen LogP contribution < -0.4 is 14.8 Å². The molecule has 1 atom stereocenters. The lowest BCUT2D eigenvalue weighted by molar-refractivity contribution is -0.122. The minimum atomic E-state index is -0.173. The number of rotatable bonds is 6. The molecule has 1 spiro atoms. The molecule has 4 rings (SSSR count). The molecule has 0 radical (unpaired) electrons. The molecule has 2 aliphatic heterocycles. The smallest absolute Gasteiger partial charge is 0.220 e. The van der Waals surface area contributed by atoms with Gasteiger partial charge in [-0.1, -0.05) is 30.3 Å². The number of benzene rings is 2. The summed E-state index contributed by atoms with van der Waals surface area (Å²) in [6.45, 7) is 6.96. The van der Waals surface area contributed by atoms with Gasteiger partial charge in [-0.25, -0.2) is 0 Å². The molecule has 0 aromatic heterocycles. The van der Waals surface area contributed by atoms with E-state index in [1.54, 1.807) is 7.11 Å². The molecule has 5 heteroatoms. The topological polar surface area (TPSA) is 50.8 Å². The summed E-state index contributed by atoms with van der Waals surface area (Å²) in [6.07, 6.45) is 3.40. The van der Waals surface area contributed by atoms with Gasteiger partial charge in [0, 0.05) is 38.0 Å². The minimum absolute atomic E-state index is 0.129. The molecule has 1 amide bonds. The first-order chi connectivity index (χ1) is 15.0. The molecule has 1 N–H and O–H groups in total. The molecule has 0 saturated carbocycles. The number of likely N-dealkylation sites (tertiary alicyclic amines) is 1. The summed E-state index contributed by atoms with van der Waals surface area (Å²) in [5.41, 5.74) is 2.30. The van der Waals surface area contributed by atoms with Gasteiger partial charge in [0.15, 0.2) is 0 Å². The molecule has 5 nitrogen and oxygen atoms in total. The Balaban J connectivity index is 1.42. The van der Waals surface area contributed by atoms with Crippen LogP contribution in [0.25, 0.3) is 0 Å². The normalized spacial score (nSPS) is 20.2. The third-order valence-corrected chi connectivity index (χ3v) is 6.52. The van der Waals surface area contributed by atoms with Gasteiger partial charge in [-0.3, -0.25) is 9.69 Å². The number of hydrogen-bond acceptors (Lipinski definition) is 4. The Morgan fingerprint density at radius 3 is 2.55 bits per heavy atom. The molecule has 1 saturated heterocycles. The number of para-hydroxylation sites is 1. The van der Waals surface area contributed by atoms with Crippen molar-refractivity contribution in [3.05, 3.63) is 59.7 Å². The fourth-order valence-corrected chi connectivity index (χ4v) is 4.95. The van der Waals surface area contributed by atoms with Gasteiger partial charge < -0.3 is 14.8 Å². The molecule has 0 bridgehead atoms. The Morgan fingerprint density at radius 1 is 1.16 bits per heavy atom. The summed E-state index contributed by atoms with van der Waals surface area (Å²) in [5.74, 6) is 2.18. The van der Waals surface area contributed by atoms with Crippen molar-refractivity contribution in [2.24, 2.45) is 0 Å². The predicted molar refractivity (Wildman–Crippen MR) is 123 cm³/mol. The van der Waals surface area contributed by atoms with Crippen LogP contribution in [0.3, 0.4) is 0 Å². The van der Waals surface area contributed by atoms with E-state index in [2.05, 4.69) is 34.5 Å². The van der Waals surface area contributed by atoms with Crippen LogP contribution in [0.4, 0.5) is 0 Å². The average Bonchev–Trinajstić information content (AvgIpc) is 2.75. The van der Waals surface area contributed by atoms with E-state index in [1.807, 2.05) is 38.1 Å². The summed E-state index contributed by atoms with van der Waals surface area (Å²) in [4.78, 5) is 15.0. The molecule has 1 unspecified atom stereocenters. The maximum Gasteiger partial charge on any atom is 0.220 e. The van der Waals surface area contributed by atoms with Crippen LogP contribution in [0.2, 0.25) is 0 Å². The number of carbonyl (C=O) groups is 1. The van der Waals surface area contributed by atoms with Crippen LogP contribution in [0.5, 0.6) is 11.5 Å². The lowest BCUT2D eigenvalue weighted by atomic mass is 9.76. The fourth-order valence-electron chi connectivity index (χ4n) is 4.95. The quantitative estimate of drug-likeness (QED) is 0.744. The van der Waals surface area contributed by atoms with E-state index in [1.165, 1.54) is 11.1 Å². The summed E-state index contributed by atoms with van der Waals surface area (Å²) in [5, 5.41) is 3.06. The van der Waals surface area contributed by atoms with Gasteiger partial charge >= 0.3 is 0 Å². The largest absolute Gasteiger partial charge is 0.497 e. The summed E-state index contributed by atoms with van der Waals surface area (Å²) in [6, 6.07) is 16.7. The van der Waals surface area contributed by atoms with Crippen molar-refractivity contribution in [2.45, 2.75) is 63.6 Å². The number of nitrogens with one attached hydrogen (secondary N) is 1. The Kier molecular flexibility index (Phi) is 6.51. The highest BCUT2D eigenvalue weighted by Crippen LogP contribution is 2.46. The van der Waals surface area contributed by atoms with Crippen LogP contribution in [0.1, 0.15) is 56.6 Å². The van der Waals surface area contributed by atoms with Gasteiger partial charge in [-0.15, -0.1) is 0 Å². The molecule has 0 aliphatic carbocycles. The zero-order valence-electron chi connectivity index (χ0n) is 18.9. The number of ether oxygens (including phenoxy) is 2. The third kappa shape index (κ3) is 5.21.